The Hall–Kier alpha value is -1.96. The SMILES string of the molecule is CN1CCN(c2ncnc(Cl)c2[N+](=O)[O-])CC1=O. The Labute approximate surface area is 107 Å². The van der Waals surface area contributed by atoms with Gasteiger partial charge in [-0.25, -0.2) is 9.97 Å². The molecule has 0 radical (unpaired) electrons. The molecule has 0 aliphatic carbocycles. The monoisotopic (exact) mass is 271 g/mol. The van der Waals surface area contributed by atoms with Crippen LogP contribution in [0.3, 0.4) is 0 Å². The number of carbonyl (C=O) groups excluding carboxylic acids is 1. The van der Waals surface area contributed by atoms with Crippen molar-refractivity contribution in [2.75, 3.05) is 31.6 Å². The molecule has 96 valence electrons. The molecule has 1 amide bonds. The van der Waals surface area contributed by atoms with Crippen molar-refractivity contribution < 1.29 is 9.72 Å². The Morgan fingerprint density at radius 1 is 1.44 bits per heavy atom. The topological polar surface area (TPSA) is 92.5 Å². The molecule has 0 N–H and O–H groups in total. The van der Waals surface area contributed by atoms with Gasteiger partial charge in [-0.2, -0.15) is 0 Å². The fourth-order valence-corrected chi connectivity index (χ4v) is 1.87. The molecule has 0 unspecified atom stereocenters. The summed E-state index contributed by atoms with van der Waals surface area (Å²) in [7, 11) is 1.68. The molecule has 18 heavy (non-hydrogen) atoms. The molecule has 1 aliphatic heterocycles. The zero-order chi connectivity index (χ0) is 13.3. The van der Waals surface area contributed by atoms with E-state index in [1.807, 2.05) is 0 Å². The lowest BCUT2D eigenvalue weighted by Gasteiger charge is -2.32. The average Bonchev–Trinajstić information content (AvgIpc) is 2.32. The van der Waals surface area contributed by atoms with Crippen LogP contribution < -0.4 is 4.90 Å². The number of hydrogen-bond donors (Lipinski definition) is 0. The highest BCUT2D eigenvalue weighted by atomic mass is 35.5. The van der Waals surface area contributed by atoms with Crippen LogP contribution in [0, 0.1) is 10.1 Å². The lowest BCUT2D eigenvalue weighted by atomic mass is 10.3. The molecule has 1 aliphatic rings. The Morgan fingerprint density at radius 2 is 2.17 bits per heavy atom. The summed E-state index contributed by atoms with van der Waals surface area (Å²) in [5.74, 6) is -0.0354. The molecule has 8 nitrogen and oxygen atoms in total. The van der Waals surface area contributed by atoms with Crippen molar-refractivity contribution in [2.45, 2.75) is 0 Å². The summed E-state index contributed by atoms with van der Waals surface area (Å²) in [6.45, 7) is 0.999. The Balaban J connectivity index is 2.37. The van der Waals surface area contributed by atoms with Crippen LogP contribution in [0.4, 0.5) is 11.5 Å². The van der Waals surface area contributed by atoms with E-state index in [2.05, 4.69) is 9.97 Å². The second-order valence-corrected chi connectivity index (χ2v) is 4.19. The normalized spacial score (nSPS) is 16.0. The highest BCUT2D eigenvalue weighted by molar-refractivity contribution is 6.31. The average molecular weight is 272 g/mol. The number of piperazine rings is 1. The summed E-state index contributed by atoms with van der Waals surface area (Å²) < 4.78 is 0. The van der Waals surface area contributed by atoms with E-state index in [1.54, 1.807) is 11.9 Å². The Bertz CT molecular complexity index is 509. The number of halogens is 1. The molecule has 0 aromatic carbocycles. The van der Waals surface area contributed by atoms with Gasteiger partial charge in [0, 0.05) is 20.1 Å². The summed E-state index contributed by atoms with van der Waals surface area (Å²) in [6.07, 6.45) is 1.15. The minimum atomic E-state index is -0.638. The van der Waals surface area contributed by atoms with Gasteiger partial charge in [0.05, 0.1) is 11.5 Å². The van der Waals surface area contributed by atoms with Crippen molar-refractivity contribution in [3.8, 4) is 0 Å². The second-order valence-electron chi connectivity index (χ2n) is 3.83. The van der Waals surface area contributed by atoms with E-state index in [0.29, 0.717) is 13.1 Å². The van der Waals surface area contributed by atoms with Gasteiger partial charge in [0.25, 0.3) is 0 Å². The number of anilines is 1. The first-order chi connectivity index (χ1) is 8.50. The zero-order valence-electron chi connectivity index (χ0n) is 9.54. The van der Waals surface area contributed by atoms with Gasteiger partial charge in [-0.1, -0.05) is 11.6 Å². The second kappa shape index (κ2) is 4.73. The summed E-state index contributed by atoms with van der Waals surface area (Å²) in [4.78, 5) is 32.4. The van der Waals surface area contributed by atoms with Crippen LogP contribution in [-0.4, -0.2) is 52.4 Å². The molecular weight excluding hydrogens is 262 g/mol. The van der Waals surface area contributed by atoms with Crippen LogP contribution in [0.2, 0.25) is 5.15 Å². The number of nitro groups is 1. The van der Waals surface area contributed by atoms with Gasteiger partial charge in [0.1, 0.15) is 6.33 Å². The van der Waals surface area contributed by atoms with Gasteiger partial charge in [0.15, 0.2) is 0 Å². The maximum atomic E-state index is 11.6. The molecule has 2 rings (SSSR count). The Kier molecular flexibility index (Phi) is 3.28. The number of nitrogens with zero attached hydrogens (tertiary/aromatic N) is 5. The van der Waals surface area contributed by atoms with Gasteiger partial charge in [-0.15, -0.1) is 0 Å². The molecule has 1 fully saturated rings. The van der Waals surface area contributed by atoms with Gasteiger partial charge in [0.2, 0.25) is 16.9 Å². The maximum Gasteiger partial charge on any atom is 0.348 e. The van der Waals surface area contributed by atoms with E-state index < -0.39 is 4.92 Å². The van der Waals surface area contributed by atoms with E-state index in [-0.39, 0.29) is 29.1 Å². The lowest BCUT2D eigenvalue weighted by molar-refractivity contribution is -0.384. The largest absolute Gasteiger partial charge is 0.348 e. The number of rotatable bonds is 2. The first-order valence-corrected chi connectivity index (χ1v) is 5.52. The first-order valence-electron chi connectivity index (χ1n) is 5.14. The summed E-state index contributed by atoms with van der Waals surface area (Å²) in [5, 5.41) is 10.7. The molecule has 0 bridgehead atoms. The number of amides is 1. The molecule has 2 heterocycles. The van der Waals surface area contributed by atoms with Crippen molar-refractivity contribution in [3.63, 3.8) is 0 Å². The molecule has 9 heteroatoms. The van der Waals surface area contributed by atoms with Crippen molar-refractivity contribution in [1.82, 2.24) is 14.9 Å². The third kappa shape index (κ3) is 2.19. The predicted octanol–water partition coefficient (Wildman–Crippen LogP) is 0.317. The van der Waals surface area contributed by atoms with Crippen LogP contribution >= 0.6 is 11.6 Å². The molecule has 1 aromatic rings. The first kappa shape index (κ1) is 12.5. The number of carbonyl (C=O) groups is 1. The van der Waals surface area contributed by atoms with Gasteiger partial charge in [-0.3, -0.25) is 14.9 Å². The molecule has 0 saturated carbocycles. The minimum Gasteiger partial charge on any atom is -0.342 e. The highest BCUT2D eigenvalue weighted by Crippen LogP contribution is 2.31. The molecular formula is C9H10ClN5O3. The zero-order valence-corrected chi connectivity index (χ0v) is 10.3. The predicted molar refractivity (Wildman–Crippen MR) is 63.5 cm³/mol. The standard InChI is InChI=1S/C9H10ClN5O3/c1-13-2-3-14(4-6(13)16)9-7(15(17)18)8(10)11-5-12-9/h5H,2-4H2,1H3. The summed E-state index contributed by atoms with van der Waals surface area (Å²) in [6, 6.07) is 0. The van der Waals surface area contributed by atoms with Crippen LogP contribution in [0.5, 0.6) is 0 Å². The van der Waals surface area contributed by atoms with Crippen molar-refractivity contribution >= 4 is 29.0 Å². The van der Waals surface area contributed by atoms with Crippen molar-refractivity contribution in [1.29, 1.82) is 0 Å². The van der Waals surface area contributed by atoms with Crippen LogP contribution in [-0.2, 0) is 4.79 Å². The van der Waals surface area contributed by atoms with Crippen LogP contribution in [0.1, 0.15) is 0 Å². The van der Waals surface area contributed by atoms with Crippen molar-refractivity contribution in [3.05, 3.63) is 21.6 Å². The minimum absolute atomic E-state index is 0.0463. The molecule has 0 atom stereocenters. The number of hydrogen-bond acceptors (Lipinski definition) is 6. The number of aromatic nitrogens is 2. The molecule has 1 saturated heterocycles. The van der Waals surface area contributed by atoms with Crippen LogP contribution in [0.25, 0.3) is 0 Å². The third-order valence-corrected chi connectivity index (χ3v) is 2.97. The smallest absolute Gasteiger partial charge is 0.342 e. The van der Waals surface area contributed by atoms with E-state index in [0.717, 1.165) is 6.33 Å². The fraction of sp³-hybridized carbons (Fsp3) is 0.444. The Morgan fingerprint density at radius 3 is 2.78 bits per heavy atom. The molecule has 1 aromatic heterocycles. The van der Waals surface area contributed by atoms with Gasteiger partial charge < -0.3 is 9.80 Å². The van der Waals surface area contributed by atoms with E-state index in [9.17, 15) is 14.9 Å². The summed E-state index contributed by atoms with van der Waals surface area (Å²) in [5.41, 5.74) is -0.364. The van der Waals surface area contributed by atoms with Crippen LogP contribution in [0.15, 0.2) is 6.33 Å². The quantitative estimate of drug-likeness (QED) is 0.437. The van der Waals surface area contributed by atoms with Crippen molar-refractivity contribution in [2.24, 2.45) is 0 Å². The lowest BCUT2D eigenvalue weighted by Crippen LogP contribution is -2.49. The van der Waals surface area contributed by atoms with Gasteiger partial charge in [-0.05, 0) is 0 Å². The van der Waals surface area contributed by atoms with E-state index in [4.69, 9.17) is 11.6 Å². The molecule has 0 spiro atoms. The van der Waals surface area contributed by atoms with Gasteiger partial charge >= 0.3 is 5.69 Å². The maximum absolute atomic E-state index is 11.6. The fourth-order valence-electron chi connectivity index (χ4n) is 1.68. The summed E-state index contributed by atoms with van der Waals surface area (Å²) >= 11 is 5.69. The van der Waals surface area contributed by atoms with E-state index >= 15 is 0 Å². The van der Waals surface area contributed by atoms with E-state index in [1.165, 1.54) is 4.90 Å². The number of likely N-dealkylation sites (N-methyl/N-ethyl adjacent to an activating group) is 1. The highest BCUT2D eigenvalue weighted by Gasteiger charge is 2.30. The third-order valence-electron chi connectivity index (χ3n) is 2.70.